The average molecular weight is 282 g/mol. The second-order valence-corrected chi connectivity index (χ2v) is 5.60. The lowest BCUT2D eigenvalue weighted by molar-refractivity contribution is -0.384. The molecule has 0 atom stereocenters. The van der Waals surface area contributed by atoms with Crippen molar-refractivity contribution in [2.24, 2.45) is 0 Å². The fourth-order valence-electron chi connectivity index (χ4n) is 1.90. The van der Waals surface area contributed by atoms with E-state index in [-0.39, 0.29) is 10.6 Å². The molecule has 0 unspecified atom stereocenters. The Morgan fingerprint density at radius 3 is 2.68 bits per heavy atom. The lowest BCUT2D eigenvalue weighted by Gasteiger charge is -2.08. The predicted molar refractivity (Wildman–Crippen MR) is 83.2 cm³/mol. The van der Waals surface area contributed by atoms with E-state index >= 15 is 0 Å². The predicted octanol–water partition coefficient (Wildman–Crippen LogP) is 4.24. The summed E-state index contributed by atoms with van der Waals surface area (Å²) in [4.78, 5) is 10.6. The number of thioether (sulfide) groups is 1. The lowest BCUT2D eigenvalue weighted by atomic mass is 10.1. The molecule has 0 fully saturated rings. The summed E-state index contributed by atoms with van der Waals surface area (Å²) in [5.41, 5.74) is 1.83. The number of nitrogens with one attached hydrogen (secondary N) is 1. The van der Waals surface area contributed by atoms with E-state index in [0.717, 1.165) is 18.5 Å². The molecular weight excluding hydrogens is 260 g/mol. The van der Waals surface area contributed by atoms with Gasteiger partial charge in [0.05, 0.1) is 4.92 Å². The topological polar surface area (TPSA) is 55.2 Å². The highest BCUT2D eigenvalue weighted by Crippen LogP contribution is 2.25. The smallest absolute Gasteiger partial charge is 0.292 e. The maximum atomic E-state index is 10.9. The van der Waals surface area contributed by atoms with Gasteiger partial charge >= 0.3 is 0 Å². The largest absolute Gasteiger partial charge is 0.379 e. The summed E-state index contributed by atoms with van der Waals surface area (Å²) < 4.78 is 0. The van der Waals surface area contributed by atoms with Crippen molar-refractivity contribution in [1.29, 1.82) is 0 Å². The summed E-state index contributed by atoms with van der Waals surface area (Å²) in [6, 6.07) is 5.17. The van der Waals surface area contributed by atoms with Crippen LogP contribution in [-0.4, -0.2) is 23.5 Å². The highest BCUT2D eigenvalue weighted by molar-refractivity contribution is 7.98. The zero-order valence-corrected chi connectivity index (χ0v) is 12.5. The molecule has 1 aromatic carbocycles. The molecule has 0 aliphatic heterocycles. The molecule has 1 aromatic rings. The third-order valence-electron chi connectivity index (χ3n) is 2.94. The van der Waals surface area contributed by atoms with E-state index in [1.165, 1.54) is 25.0 Å². The summed E-state index contributed by atoms with van der Waals surface area (Å²) in [6.45, 7) is 2.74. The van der Waals surface area contributed by atoms with Crippen LogP contribution in [-0.2, 0) is 0 Å². The van der Waals surface area contributed by atoms with Crippen LogP contribution >= 0.6 is 11.8 Å². The van der Waals surface area contributed by atoms with E-state index in [4.69, 9.17) is 0 Å². The Hall–Kier alpha value is -1.23. The molecule has 0 saturated heterocycles. The lowest BCUT2D eigenvalue weighted by Crippen LogP contribution is -2.04. The molecule has 106 valence electrons. The minimum atomic E-state index is -0.333. The minimum Gasteiger partial charge on any atom is -0.379 e. The van der Waals surface area contributed by atoms with Gasteiger partial charge in [-0.2, -0.15) is 11.8 Å². The number of hydrogen-bond acceptors (Lipinski definition) is 4. The molecule has 19 heavy (non-hydrogen) atoms. The molecule has 4 nitrogen and oxygen atoms in total. The molecule has 0 aliphatic rings. The Morgan fingerprint density at radius 1 is 1.26 bits per heavy atom. The van der Waals surface area contributed by atoms with Gasteiger partial charge in [0.1, 0.15) is 5.69 Å². The number of nitro groups is 1. The number of nitro benzene ring substituents is 1. The second kappa shape index (κ2) is 8.80. The van der Waals surface area contributed by atoms with Gasteiger partial charge < -0.3 is 5.32 Å². The van der Waals surface area contributed by atoms with Crippen LogP contribution in [0.4, 0.5) is 11.4 Å². The number of unbranched alkanes of at least 4 members (excludes halogenated alkanes) is 3. The summed E-state index contributed by atoms with van der Waals surface area (Å²) in [5.74, 6) is 1.22. The maximum absolute atomic E-state index is 10.9. The Morgan fingerprint density at radius 2 is 2.00 bits per heavy atom. The van der Waals surface area contributed by atoms with Gasteiger partial charge in [0, 0.05) is 12.6 Å². The van der Waals surface area contributed by atoms with Crippen LogP contribution in [0.1, 0.15) is 31.2 Å². The van der Waals surface area contributed by atoms with E-state index in [2.05, 4.69) is 11.6 Å². The van der Waals surface area contributed by atoms with E-state index in [9.17, 15) is 10.1 Å². The molecule has 0 amide bonds. The van der Waals surface area contributed by atoms with Crippen LogP contribution in [0.5, 0.6) is 0 Å². The monoisotopic (exact) mass is 282 g/mol. The highest BCUT2D eigenvalue weighted by atomic mass is 32.2. The molecule has 0 aromatic heterocycles. The number of benzene rings is 1. The van der Waals surface area contributed by atoms with Gasteiger partial charge in [-0.15, -0.1) is 0 Å². The van der Waals surface area contributed by atoms with E-state index < -0.39 is 0 Å². The Labute approximate surface area is 119 Å². The van der Waals surface area contributed by atoms with Crippen molar-refractivity contribution in [3.05, 3.63) is 33.9 Å². The van der Waals surface area contributed by atoms with Crippen LogP contribution in [0.15, 0.2) is 18.2 Å². The van der Waals surface area contributed by atoms with Gasteiger partial charge in [0.15, 0.2) is 0 Å². The second-order valence-electron chi connectivity index (χ2n) is 4.61. The third-order valence-corrected chi connectivity index (χ3v) is 3.64. The van der Waals surface area contributed by atoms with Gasteiger partial charge in [-0.25, -0.2) is 0 Å². The number of anilines is 1. The molecule has 5 heteroatoms. The molecular formula is C14H22N2O2S. The molecule has 1 N–H and O–H groups in total. The fourth-order valence-corrected chi connectivity index (χ4v) is 2.39. The number of hydrogen-bond donors (Lipinski definition) is 1. The molecule has 0 spiro atoms. The average Bonchev–Trinajstić information content (AvgIpc) is 2.37. The minimum absolute atomic E-state index is 0.160. The molecule has 0 radical (unpaired) electrons. The number of rotatable bonds is 9. The van der Waals surface area contributed by atoms with Crippen molar-refractivity contribution in [1.82, 2.24) is 0 Å². The van der Waals surface area contributed by atoms with Crippen molar-refractivity contribution in [2.45, 2.75) is 32.6 Å². The van der Waals surface area contributed by atoms with Gasteiger partial charge in [0.2, 0.25) is 0 Å². The molecule has 0 heterocycles. The summed E-state index contributed by atoms with van der Waals surface area (Å²) in [6.07, 6.45) is 6.84. The zero-order valence-electron chi connectivity index (χ0n) is 11.6. The summed E-state index contributed by atoms with van der Waals surface area (Å²) >= 11 is 1.88. The molecule has 1 rings (SSSR count). The first-order valence-electron chi connectivity index (χ1n) is 6.63. The third kappa shape index (κ3) is 5.96. The van der Waals surface area contributed by atoms with Crippen molar-refractivity contribution < 1.29 is 4.92 Å². The number of aryl methyl sites for hydroxylation is 1. The first kappa shape index (κ1) is 15.8. The Bertz CT molecular complexity index is 410. The summed E-state index contributed by atoms with van der Waals surface area (Å²) in [5, 5.41) is 14.1. The van der Waals surface area contributed by atoms with Crippen LogP contribution in [0, 0.1) is 17.0 Å². The van der Waals surface area contributed by atoms with Crippen molar-refractivity contribution >= 4 is 23.1 Å². The van der Waals surface area contributed by atoms with Crippen molar-refractivity contribution in [3.8, 4) is 0 Å². The molecule has 0 aliphatic carbocycles. The number of nitrogens with zero attached hydrogens (tertiary/aromatic N) is 1. The van der Waals surface area contributed by atoms with E-state index in [0.29, 0.717) is 5.69 Å². The summed E-state index contributed by atoms with van der Waals surface area (Å²) in [7, 11) is 0. The van der Waals surface area contributed by atoms with Gasteiger partial charge in [-0.3, -0.25) is 10.1 Å². The van der Waals surface area contributed by atoms with Crippen LogP contribution in [0.2, 0.25) is 0 Å². The Balaban J connectivity index is 2.36. The van der Waals surface area contributed by atoms with Gasteiger partial charge in [0.25, 0.3) is 5.69 Å². The maximum Gasteiger partial charge on any atom is 0.292 e. The first-order valence-corrected chi connectivity index (χ1v) is 8.02. The standard InChI is InChI=1S/C14H22N2O2S/c1-12-7-8-14(16(17)18)13(11-12)15-9-5-3-4-6-10-19-2/h7-8,11,15H,3-6,9-10H2,1-2H3. The Kier molecular flexibility index (Phi) is 7.33. The van der Waals surface area contributed by atoms with Crippen LogP contribution < -0.4 is 5.32 Å². The molecule has 0 saturated carbocycles. The van der Waals surface area contributed by atoms with Crippen LogP contribution in [0.3, 0.4) is 0 Å². The quantitative estimate of drug-likeness (QED) is 0.418. The first-order chi connectivity index (χ1) is 9.15. The molecule has 0 bridgehead atoms. The SMILES string of the molecule is CSCCCCCCNc1cc(C)ccc1[N+](=O)[O-]. The van der Waals surface area contributed by atoms with Gasteiger partial charge in [-0.05, 0) is 43.4 Å². The van der Waals surface area contributed by atoms with Crippen molar-refractivity contribution in [2.75, 3.05) is 23.9 Å². The van der Waals surface area contributed by atoms with E-state index in [1.54, 1.807) is 12.1 Å². The van der Waals surface area contributed by atoms with E-state index in [1.807, 2.05) is 24.8 Å². The van der Waals surface area contributed by atoms with Crippen molar-refractivity contribution in [3.63, 3.8) is 0 Å². The zero-order chi connectivity index (χ0) is 14.1. The van der Waals surface area contributed by atoms with Gasteiger partial charge in [-0.1, -0.05) is 18.9 Å². The van der Waals surface area contributed by atoms with Crippen LogP contribution in [0.25, 0.3) is 0 Å². The fraction of sp³-hybridized carbons (Fsp3) is 0.571. The highest BCUT2D eigenvalue weighted by Gasteiger charge is 2.12. The normalized spacial score (nSPS) is 10.4.